The molecule has 0 N–H and O–H groups in total. The number of benzene rings is 1. The molecule has 0 amide bonds. The molecule has 3 rings (SSSR count). The first-order valence-corrected chi connectivity index (χ1v) is 7.95. The lowest BCUT2D eigenvalue weighted by Crippen LogP contribution is -2.38. The number of sulfonamides is 1. The van der Waals surface area contributed by atoms with Crippen molar-refractivity contribution in [2.24, 2.45) is 0 Å². The Bertz CT molecular complexity index is 757. The molecule has 1 aliphatic rings. The molecule has 0 unspecified atom stereocenters. The SMILES string of the molecule is Cc1nnc2n1CCN(S(=O)(=O)c1cccc(Cl)c1)C2. The number of aromatic nitrogens is 3. The summed E-state index contributed by atoms with van der Waals surface area (Å²) in [5.41, 5.74) is 0. The molecule has 0 saturated heterocycles. The summed E-state index contributed by atoms with van der Waals surface area (Å²) < 4.78 is 28.5. The third-order valence-corrected chi connectivity index (χ3v) is 5.41. The molecule has 0 radical (unpaired) electrons. The quantitative estimate of drug-likeness (QED) is 0.841. The van der Waals surface area contributed by atoms with Gasteiger partial charge in [-0.2, -0.15) is 4.31 Å². The number of aryl methyl sites for hydroxylation is 1. The van der Waals surface area contributed by atoms with Crippen molar-refractivity contribution in [1.29, 1.82) is 0 Å². The van der Waals surface area contributed by atoms with Crippen LogP contribution >= 0.6 is 11.6 Å². The van der Waals surface area contributed by atoms with Gasteiger partial charge in [0.1, 0.15) is 11.6 Å². The largest absolute Gasteiger partial charge is 0.313 e. The summed E-state index contributed by atoms with van der Waals surface area (Å²) in [5.74, 6) is 1.47. The highest BCUT2D eigenvalue weighted by molar-refractivity contribution is 7.89. The Balaban J connectivity index is 1.94. The van der Waals surface area contributed by atoms with Crippen molar-refractivity contribution in [3.05, 3.63) is 40.9 Å². The van der Waals surface area contributed by atoms with Crippen LogP contribution in [-0.4, -0.2) is 34.0 Å². The molecule has 1 aliphatic heterocycles. The van der Waals surface area contributed by atoms with Gasteiger partial charge < -0.3 is 4.57 Å². The van der Waals surface area contributed by atoms with Crippen LogP contribution in [0.4, 0.5) is 0 Å². The summed E-state index contributed by atoms with van der Waals surface area (Å²) in [5, 5.41) is 8.39. The Morgan fingerprint density at radius 2 is 2.05 bits per heavy atom. The maximum atomic E-state index is 12.6. The minimum Gasteiger partial charge on any atom is -0.313 e. The molecule has 8 heteroatoms. The highest BCUT2D eigenvalue weighted by Gasteiger charge is 2.30. The van der Waals surface area contributed by atoms with Crippen molar-refractivity contribution in [1.82, 2.24) is 19.1 Å². The molecule has 1 aromatic carbocycles. The maximum Gasteiger partial charge on any atom is 0.243 e. The molecule has 20 heavy (non-hydrogen) atoms. The van der Waals surface area contributed by atoms with Crippen molar-refractivity contribution >= 4 is 21.6 Å². The summed E-state index contributed by atoms with van der Waals surface area (Å²) in [6.45, 7) is 3.06. The van der Waals surface area contributed by atoms with E-state index < -0.39 is 10.0 Å². The summed E-state index contributed by atoms with van der Waals surface area (Å²) in [6.07, 6.45) is 0. The van der Waals surface area contributed by atoms with E-state index in [9.17, 15) is 8.42 Å². The fourth-order valence-electron chi connectivity index (χ4n) is 2.26. The average Bonchev–Trinajstić information content (AvgIpc) is 2.80. The molecule has 1 aromatic heterocycles. The number of hydrogen-bond acceptors (Lipinski definition) is 4. The van der Waals surface area contributed by atoms with Gasteiger partial charge >= 0.3 is 0 Å². The minimum atomic E-state index is -3.55. The molecule has 2 heterocycles. The van der Waals surface area contributed by atoms with Crippen LogP contribution in [0.1, 0.15) is 11.6 Å². The molecule has 106 valence electrons. The van der Waals surface area contributed by atoms with Crippen LogP contribution in [0, 0.1) is 6.92 Å². The first-order chi connectivity index (χ1) is 9.48. The predicted molar refractivity (Wildman–Crippen MR) is 73.8 cm³/mol. The number of rotatable bonds is 2. The van der Waals surface area contributed by atoms with Gasteiger partial charge in [0.15, 0.2) is 0 Å². The monoisotopic (exact) mass is 312 g/mol. The summed E-state index contributed by atoms with van der Waals surface area (Å²) in [4.78, 5) is 0.203. The summed E-state index contributed by atoms with van der Waals surface area (Å²) >= 11 is 5.86. The Kier molecular flexibility index (Phi) is 3.27. The lowest BCUT2D eigenvalue weighted by Gasteiger charge is -2.26. The fourth-order valence-corrected chi connectivity index (χ4v) is 3.95. The molecular formula is C12H13ClN4O2S. The predicted octanol–water partition coefficient (Wildman–Crippen LogP) is 1.44. The van der Waals surface area contributed by atoms with E-state index in [-0.39, 0.29) is 11.4 Å². The average molecular weight is 313 g/mol. The fraction of sp³-hybridized carbons (Fsp3) is 0.333. The number of nitrogens with zero attached hydrogens (tertiary/aromatic N) is 4. The summed E-state index contributed by atoms with van der Waals surface area (Å²) in [7, 11) is -3.55. The molecule has 0 saturated carbocycles. The molecular weight excluding hydrogens is 300 g/mol. The van der Waals surface area contributed by atoms with Crippen LogP contribution < -0.4 is 0 Å². The van der Waals surface area contributed by atoms with Crippen molar-refractivity contribution < 1.29 is 8.42 Å². The summed E-state index contributed by atoms with van der Waals surface area (Å²) in [6, 6.07) is 6.29. The van der Waals surface area contributed by atoms with Gasteiger partial charge in [0.25, 0.3) is 0 Å². The van der Waals surface area contributed by atoms with Gasteiger partial charge in [0, 0.05) is 18.1 Å². The van der Waals surface area contributed by atoms with Crippen molar-refractivity contribution in [3.63, 3.8) is 0 Å². The van der Waals surface area contributed by atoms with Gasteiger partial charge in [-0.05, 0) is 25.1 Å². The lowest BCUT2D eigenvalue weighted by atomic mass is 10.4. The third-order valence-electron chi connectivity index (χ3n) is 3.34. The Morgan fingerprint density at radius 3 is 2.80 bits per heavy atom. The Morgan fingerprint density at radius 1 is 1.25 bits per heavy atom. The normalized spacial score (nSPS) is 16.1. The Hall–Kier alpha value is -1.44. The lowest BCUT2D eigenvalue weighted by molar-refractivity contribution is 0.333. The van der Waals surface area contributed by atoms with Gasteiger partial charge in [-0.25, -0.2) is 8.42 Å². The standard InChI is InChI=1S/C12H13ClN4O2S/c1-9-14-15-12-8-16(5-6-17(9)12)20(18,19)11-4-2-3-10(13)7-11/h2-4,7H,5-6,8H2,1H3. The smallest absolute Gasteiger partial charge is 0.243 e. The molecule has 0 fully saturated rings. The second kappa shape index (κ2) is 4.83. The number of halogens is 1. The highest BCUT2D eigenvalue weighted by atomic mass is 35.5. The first-order valence-electron chi connectivity index (χ1n) is 6.13. The zero-order valence-electron chi connectivity index (χ0n) is 10.8. The molecule has 0 atom stereocenters. The zero-order valence-corrected chi connectivity index (χ0v) is 12.4. The van der Waals surface area contributed by atoms with Crippen molar-refractivity contribution in [3.8, 4) is 0 Å². The van der Waals surface area contributed by atoms with Crippen molar-refractivity contribution in [2.45, 2.75) is 24.9 Å². The van der Waals surface area contributed by atoms with E-state index in [0.29, 0.717) is 23.9 Å². The van der Waals surface area contributed by atoms with E-state index in [0.717, 1.165) is 5.82 Å². The van der Waals surface area contributed by atoms with Gasteiger partial charge in [-0.1, -0.05) is 17.7 Å². The van der Waals surface area contributed by atoms with Gasteiger partial charge in [-0.15, -0.1) is 10.2 Å². The third kappa shape index (κ3) is 2.21. The van der Waals surface area contributed by atoms with Crippen LogP contribution in [0.2, 0.25) is 5.02 Å². The zero-order chi connectivity index (χ0) is 14.3. The van der Waals surface area contributed by atoms with E-state index in [1.165, 1.54) is 10.4 Å². The molecule has 0 spiro atoms. The molecule has 0 bridgehead atoms. The molecule has 0 aliphatic carbocycles. The minimum absolute atomic E-state index is 0.203. The first kappa shape index (κ1) is 13.5. The second-order valence-electron chi connectivity index (χ2n) is 4.61. The van der Waals surface area contributed by atoms with Crippen LogP contribution in [0.3, 0.4) is 0 Å². The maximum absolute atomic E-state index is 12.6. The van der Waals surface area contributed by atoms with E-state index >= 15 is 0 Å². The number of hydrogen-bond donors (Lipinski definition) is 0. The van der Waals surface area contributed by atoms with E-state index in [1.54, 1.807) is 18.2 Å². The van der Waals surface area contributed by atoms with E-state index in [4.69, 9.17) is 11.6 Å². The van der Waals surface area contributed by atoms with E-state index in [2.05, 4.69) is 10.2 Å². The van der Waals surface area contributed by atoms with Gasteiger partial charge in [-0.3, -0.25) is 0 Å². The van der Waals surface area contributed by atoms with Gasteiger partial charge in [0.05, 0.1) is 11.4 Å². The topological polar surface area (TPSA) is 68.1 Å². The van der Waals surface area contributed by atoms with Crippen LogP contribution in [0.5, 0.6) is 0 Å². The van der Waals surface area contributed by atoms with Crippen molar-refractivity contribution in [2.75, 3.05) is 6.54 Å². The van der Waals surface area contributed by atoms with Crippen LogP contribution in [0.15, 0.2) is 29.2 Å². The second-order valence-corrected chi connectivity index (χ2v) is 6.99. The molecule has 6 nitrogen and oxygen atoms in total. The van der Waals surface area contributed by atoms with Gasteiger partial charge in [0.2, 0.25) is 10.0 Å². The van der Waals surface area contributed by atoms with Crippen LogP contribution in [-0.2, 0) is 23.1 Å². The highest BCUT2D eigenvalue weighted by Crippen LogP contribution is 2.23. The van der Waals surface area contributed by atoms with E-state index in [1.807, 2.05) is 11.5 Å². The molecule has 2 aromatic rings. The Labute approximate surface area is 122 Å². The van der Waals surface area contributed by atoms with Crippen LogP contribution in [0.25, 0.3) is 0 Å². The number of fused-ring (bicyclic) bond motifs is 1.